The molecule has 0 amide bonds. The highest BCUT2D eigenvalue weighted by molar-refractivity contribution is 6.23. The van der Waals surface area contributed by atoms with Crippen molar-refractivity contribution in [3.8, 4) is 0 Å². The van der Waals surface area contributed by atoms with E-state index in [0.29, 0.717) is 0 Å². The first-order chi connectivity index (χ1) is 8.95. The van der Waals surface area contributed by atoms with Crippen LogP contribution >= 0.6 is 0 Å². The summed E-state index contributed by atoms with van der Waals surface area (Å²) >= 11 is 0. The minimum atomic E-state index is 1.39. The highest BCUT2D eigenvalue weighted by Crippen LogP contribution is 2.57. The number of fused-ring (bicyclic) bond motifs is 6. The van der Waals surface area contributed by atoms with Crippen LogP contribution in [0.1, 0.15) is 22.3 Å². The molecule has 0 saturated heterocycles. The maximum Gasteiger partial charge on any atom is -0.00139 e. The van der Waals surface area contributed by atoms with E-state index < -0.39 is 0 Å². The van der Waals surface area contributed by atoms with E-state index in [-0.39, 0.29) is 0 Å². The van der Waals surface area contributed by atoms with Gasteiger partial charge in [-0.25, -0.2) is 0 Å². The molecule has 82 valence electrons. The van der Waals surface area contributed by atoms with Gasteiger partial charge in [0.15, 0.2) is 0 Å². The van der Waals surface area contributed by atoms with Crippen LogP contribution in [0.15, 0.2) is 66.3 Å². The van der Waals surface area contributed by atoms with E-state index in [2.05, 4.69) is 60.7 Å². The fraction of sp³-hybridized carbons (Fsp3) is 0. The van der Waals surface area contributed by atoms with Gasteiger partial charge in [0.25, 0.3) is 0 Å². The zero-order chi connectivity index (χ0) is 11.7. The molecule has 0 aromatic heterocycles. The first kappa shape index (κ1) is 8.71. The van der Waals surface area contributed by atoms with E-state index >= 15 is 0 Å². The lowest BCUT2D eigenvalue weighted by molar-refractivity contribution is 1.54. The maximum atomic E-state index is 2.27. The van der Waals surface area contributed by atoms with Crippen molar-refractivity contribution >= 4 is 16.7 Å². The smallest absolute Gasteiger partial charge is 0.00139 e. The highest BCUT2D eigenvalue weighted by Gasteiger charge is 2.37. The molecule has 0 aliphatic heterocycles. The Morgan fingerprint density at radius 2 is 0.889 bits per heavy atom. The number of hydrogen-bond acceptors (Lipinski definition) is 0. The monoisotopic (exact) mass is 226 g/mol. The third kappa shape index (κ3) is 0.790. The number of benzene rings is 2. The number of hydrogen-bond donors (Lipinski definition) is 0. The summed E-state index contributed by atoms with van der Waals surface area (Å²) in [5.41, 5.74) is 11.3. The van der Waals surface area contributed by atoms with Crippen LogP contribution in [0.3, 0.4) is 0 Å². The zero-order valence-electron chi connectivity index (χ0n) is 9.77. The zero-order valence-corrected chi connectivity index (χ0v) is 9.77. The maximum absolute atomic E-state index is 2.27. The van der Waals surface area contributed by atoms with Crippen molar-refractivity contribution in [1.82, 2.24) is 0 Å². The van der Waals surface area contributed by atoms with Crippen LogP contribution in [0.4, 0.5) is 0 Å². The molecule has 0 heterocycles. The summed E-state index contributed by atoms with van der Waals surface area (Å²) in [4.78, 5) is 0. The Morgan fingerprint density at radius 1 is 0.444 bits per heavy atom. The summed E-state index contributed by atoms with van der Waals surface area (Å²) in [7, 11) is 0. The summed E-state index contributed by atoms with van der Waals surface area (Å²) in [6.45, 7) is 0. The summed E-state index contributed by atoms with van der Waals surface area (Å²) in [5, 5.41) is 0. The average molecular weight is 226 g/mol. The van der Waals surface area contributed by atoms with Gasteiger partial charge in [0, 0.05) is 0 Å². The first-order valence-corrected chi connectivity index (χ1v) is 6.32. The lowest BCUT2D eigenvalue weighted by Crippen LogP contribution is -1.88. The molecule has 0 fully saturated rings. The van der Waals surface area contributed by atoms with Crippen molar-refractivity contribution in [3.05, 3.63) is 88.5 Å². The molecule has 2 aromatic rings. The van der Waals surface area contributed by atoms with Gasteiger partial charge in [-0.3, -0.25) is 0 Å². The minimum absolute atomic E-state index is 1.39. The normalized spacial score (nSPS) is 17.3. The van der Waals surface area contributed by atoms with Crippen molar-refractivity contribution in [3.63, 3.8) is 0 Å². The van der Waals surface area contributed by atoms with Gasteiger partial charge in [-0.1, -0.05) is 60.7 Å². The molecule has 0 atom stereocenters. The third-order valence-corrected chi connectivity index (χ3v) is 4.18. The SMILES string of the molecule is C1=C2C3=C(c4ccccc42)c2ccccc2C3=C1. The van der Waals surface area contributed by atoms with Gasteiger partial charge in [0.05, 0.1) is 0 Å². The number of rotatable bonds is 0. The van der Waals surface area contributed by atoms with Gasteiger partial charge < -0.3 is 0 Å². The van der Waals surface area contributed by atoms with Crippen LogP contribution in [0.25, 0.3) is 16.7 Å². The molecular weight excluding hydrogens is 216 g/mol. The molecule has 0 nitrogen and oxygen atoms in total. The molecule has 0 saturated carbocycles. The molecular formula is C18H10. The third-order valence-electron chi connectivity index (χ3n) is 4.18. The molecule has 0 heteroatoms. The van der Waals surface area contributed by atoms with Gasteiger partial charge in [-0.15, -0.1) is 0 Å². The summed E-state index contributed by atoms with van der Waals surface area (Å²) < 4.78 is 0. The lowest BCUT2D eigenvalue weighted by Gasteiger charge is -2.07. The Balaban J connectivity index is 1.97. The topological polar surface area (TPSA) is 0 Å². The van der Waals surface area contributed by atoms with Crippen molar-refractivity contribution in [2.24, 2.45) is 0 Å². The largest absolute Gasteiger partial charge is 0.0616 e. The second-order valence-corrected chi connectivity index (χ2v) is 5.00. The molecule has 2 aromatic carbocycles. The van der Waals surface area contributed by atoms with Crippen molar-refractivity contribution in [1.29, 1.82) is 0 Å². The highest BCUT2D eigenvalue weighted by atomic mass is 14.4. The molecule has 0 spiro atoms. The Kier molecular flexibility index (Phi) is 1.32. The van der Waals surface area contributed by atoms with Gasteiger partial charge in [-0.05, 0) is 44.5 Å². The molecule has 18 heavy (non-hydrogen) atoms. The van der Waals surface area contributed by atoms with Crippen molar-refractivity contribution in [2.75, 3.05) is 0 Å². The minimum Gasteiger partial charge on any atom is -0.0616 e. The van der Waals surface area contributed by atoms with Gasteiger partial charge in [-0.2, -0.15) is 0 Å². The molecule has 3 aliphatic rings. The van der Waals surface area contributed by atoms with E-state index in [4.69, 9.17) is 0 Å². The Hall–Kier alpha value is -2.34. The summed E-state index contributed by atoms with van der Waals surface area (Å²) in [6.07, 6.45) is 4.54. The summed E-state index contributed by atoms with van der Waals surface area (Å²) in [6, 6.07) is 17.5. The van der Waals surface area contributed by atoms with Crippen LogP contribution in [0.5, 0.6) is 0 Å². The lowest BCUT2D eigenvalue weighted by atomic mass is 9.96. The first-order valence-electron chi connectivity index (χ1n) is 6.32. The Bertz CT molecular complexity index is 746. The summed E-state index contributed by atoms with van der Waals surface area (Å²) in [5.74, 6) is 0. The fourth-order valence-electron chi connectivity index (χ4n) is 3.48. The van der Waals surface area contributed by atoms with Crippen LogP contribution in [-0.4, -0.2) is 0 Å². The van der Waals surface area contributed by atoms with E-state index in [9.17, 15) is 0 Å². The van der Waals surface area contributed by atoms with E-state index in [0.717, 1.165) is 0 Å². The molecule has 0 radical (unpaired) electrons. The number of allylic oxidation sites excluding steroid dienone is 5. The van der Waals surface area contributed by atoms with Gasteiger partial charge >= 0.3 is 0 Å². The predicted molar refractivity (Wildman–Crippen MR) is 74.9 cm³/mol. The van der Waals surface area contributed by atoms with Crippen LogP contribution < -0.4 is 0 Å². The van der Waals surface area contributed by atoms with E-state index in [1.54, 1.807) is 0 Å². The van der Waals surface area contributed by atoms with Crippen LogP contribution in [0.2, 0.25) is 0 Å². The Labute approximate surface area is 106 Å². The predicted octanol–water partition coefficient (Wildman–Crippen LogP) is 4.30. The molecule has 0 N–H and O–H groups in total. The molecule has 3 aliphatic carbocycles. The second-order valence-electron chi connectivity index (χ2n) is 5.00. The molecule has 0 bridgehead atoms. The quantitative estimate of drug-likeness (QED) is 0.628. The second kappa shape index (κ2) is 2.73. The van der Waals surface area contributed by atoms with E-state index in [1.807, 2.05) is 0 Å². The van der Waals surface area contributed by atoms with Crippen LogP contribution in [-0.2, 0) is 0 Å². The van der Waals surface area contributed by atoms with Gasteiger partial charge in [0.1, 0.15) is 0 Å². The standard InChI is InChI=1S/C18H10/c1-3-7-13-11(5-1)15-9-10-16-12-6-2-4-8-14(12)17(13)18(15)16/h1-10H. The fourth-order valence-corrected chi connectivity index (χ4v) is 3.48. The van der Waals surface area contributed by atoms with E-state index in [1.165, 1.54) is 44.5 Å². The molecule has 5 rings (SSSR count). The average Bonchev–Trinajstić information content (AvgIpc) is 3.06. The van der Waals surface area contributed by atoms with Crippen molar-refractivity contribution in [2.45, 2.75) is 0 Å². The van der Waals surface area contributed by atoms with Gasteiger partial charge in [0.2, 0.25) is 0 Å². The van der Waals surface area contributed by atoms with Crippen molar-refractivity contribution < 1.29 is 0 Å². The van der Waals surface area contributed by atoms with Crippen LogP contribution in [0, 0.1) is 0 Å². The Morgan fingerprint density at radius 3 is 1.39 bits per heavy atom. The molecule has 0 unspecified atom stereocenters.